The van der Waals surface area contributed by atoms with Crippen LogP contribution in [0, 0.1) is 0 Å². The topological polar surface area (TPSA) is 49.8 Å². The van der Waals surface area contributed by atoms with E-state index in [1.165, 1.54) is 18.3 Å². The minimum atomic E-state index is -4.43. The summed E-state index contributed by atoms with van der Waals surface area (Å²) in [5.41, 5.74) is -0.650. The number of nitrogens with one attached hydrogen (secondary N) is 2. The molecule has 2 rings (SSSR count). The van der Waals surface area contributed by atoms with Crippen molar-refractivity contribution in [2.24, 2.45) is 0 Å². The molecule has 1 aromatic heterocycles. The maximum atomic E-state index is 12.7. The van der Waals surface area contributed by atoms with Crippen LogP contribution in [0.5, 0.6) is 0 Å². The number of nitrogens with zero attached hydrogens (tertiary/aromatic N) is 2. The van der Waals surface area contributed by atoms with Crippen LogP contribution in [-0.4, -0.2) is 16.5 Å². The lowest BCUT2D eigenvalue weighted by Crippen LogP contribution is -2.06. The van der Waals surface area contributed by atoms with Crippen molar-refractivity contribution in [3.05, 3.63) is 41.0 Å². The molecule has 0 radical (unpaired) electrons. The Balaban J connectivity index is 2.28. The maximum Gasteiger partial charge on any atom is 0.416 e. The molecule has 0 aliphatic rings. The largest absolute Gasteiger partial charge is 0.416 e. The first-order chi connectivity index (χ1) is 9.90. The summed E-state index contributed by atoms with van der Waals surface area (Å²) >= 11 is 5.91. The highest BCUT2D eigenvalue weighted by molar-refractivity contribution is 6.33. The molecule has 0 spiro atoms. The molecular weight excluding hydrogens is 305 g/mol. The number of rotatable bonds is 4. The number of benzene rings is 1. The Morgan fingerprint density at radius 2 is 2.00 bits per heavy atom. The van der Waals surface area contributed by atoms with E-state index in [0.29, 0.717) is 18.3 Å². The van der Waals surface area contributed by atoms with Crippen LogP contribution in [0.4, 0.5) is 30.6 Å². The Morgan fingerprint density at radius 1 is 1.24 bits per heavy atom. The first kappa shape index (κ1) is 15.4. The third-order valence-electron chi connectivity index (χ3n) is 2.55. The van der Waals surface area contributed by atoms with Crippen molar-refractivity contribution in [3.8, 4) is 0 Å². The van der Waals surface area contributed by atoms with Gasteiger partial charge >= 0.3 is 6.18 Å². The molecule has 0 bridgehead atoms. The molecule has 1 aromatic carbocycles. The molecule has 0 fully saturated rings. The summed E-state index contributed by atoms with van der Waals surface area (Å²) in [6, 6.07) is 4.60. The van der Waals surface area contributed by atoms with Gasteiger partial charge in [-0.3, -0.25) is 0 Å². The van der Waals surface area contributed by atoms with E-state index in [-0.39, 0.29) is 10.7 Å². The second kappa shape index (κ2) is 6.17. The molecule has 21 heavy (non-hydrogen) atoms. The van der Waals surface area contributed by atoms with Gasteiger partial charge in [-0.25, -0.2) is 4.98 Å². The van der Waals surface area contributed by atoms with E-state index < -0.39 is 11.7 Å². The van der Waals surface area contributed by atoms with Crippen molar-refractivity contribution < 1.29 is 13.2 Å². The Kier molecular flexibility index (Phi) is 4.52. The van der Waals surface area contributed by atoms with E-state index in [1.54, 1.807) is 0 Å². The molecule has 2 N–H and O–H groups in total. The summed E-state index contributed by atoms with van der Waals surface area (Å²) in [4.78, 5) is 8.09. The van der Waals surface area contributed by atoms with Gasteiger partial charge in [0.25, 0.3) is 0 Å². The van der Waals surface area contributed by atoms with Gasteiger partial charge in [0.05, 0.1) is 16.3 Å². The molecule has 0 unspecified atom stereocenters. The number of aromatic nitrogens is 2. The van der Waals surface area contributed by atoms with Gasteiger partial charge < -0.3 is 10.6 Å². The second-order valence-electron chi connectivity index (χ2n) is 4.11. The Hall–Kier alpha value is -2.02. The van der Waals surface area contributed by atoms with Crippen LogP contribution in [0.1, 0.15) is 12.5 Å². The van der Waals surface area contributed by atoms with Crippen LogP contribution in [0.2, 0.25) is 5.02 Å². The second-order valence-corrected chi connectivity index (χ2v) is 4.52. The zero-order valence-electron chi connectivity index (χ0n) is 11.0. The van der Waals surface area contributed by atoms with Crippen molar-refractivity contribution >= 4 is 29.1 Å². The predicted molar refractivity (Wildman–Crippen MR) is 75.9 cm³/mol. The van der Waals surface area contributed by atoms with E-state index in [1.807, 2.05) is 6.92 Å². The first-order valence-corrected chi connectivity index (χ1v) is 6.48. The lowest BCUT2D eigenvalue weighted by atomic mass is 10.2. The van der Waals surface area contributed by atoms with E-state index in [9.17, 15) is 13.2 Å². The fourth-order valence-electron chi connectivity index (χ4n) is 1.61. The van der Waals surface area contributed by atoms with Gasteiger partial charge in [0, 0.05) is 12.7 Å². The van der Waals surface area contributed by atoms with E-state index in [0.717, 1.165) is 12.1 Å². The number of hydrogen-bond acceptors (Lipinski definition) is 4. The molecule has 8 heteroatoms. The minimum absolute atomic E-state index is 0.132. The van der Waals surface area contributed by atoms with Crippen molar-refractivity contribution in [3.63, 3.8) is 0 Å². The van der Waals surface area contributed by atoms with Crippen LogP contribution in [-0.2, 0) is 6.18 Å². The number of anilines is 3. The zero-order valence-corrected chi connectivity index (χ0v) is 11.8. The minimum Gasteiger partial charge on any atom is -0.354 e. The molecule has 0 saturated carbocycles. The standard InChI is InChI=1S/C13H12ClF3N4/c1-2-18-12-19-6-5-11(21-12)20-10-7-8(13(15,16)17)3-4-9(10)14/h3-7H,2H2,1H3,(H2,18,19,20,21). The summed E-state index contributed by atoms with van der Waals surface area (Å²) in [7, 11) is 0. The molecular formula is C13H12ClF3N4. The molecule has 112 valence electrons. The van der Waals surface area contributed by atoms with Gasteiger partial charge in [-0.1, -0.05) is 11.6 Å². The molecule has 0 aliphatic heterocycles. The van der Waals surface area contributed by atoms with E-state index >= 15 is 0 Å². The van der Waals surface area contributed by atoms with Crippen LogP contribution in [0.25, 0.3) is 0 Å². The number of halogens is 4. The average Bonchev–Trinajstić information content (AvgIpc) is 2.41. The van der Waals surface area contributed by atoms with Crippen LogP contribution >= 0.6 is 11.6 Å². The van der Waals surface area contributed by atoms with Gasteiger partial charge in [-0.2, -0.15) is 18.2 Å². The lowest BCUT2D eigenvalue weighted by Gasteiger charge is -2.12. The number of alkyl halides is 3. The number of hydrogen-bond donors (Lipinski definition) is 2. The highest BCUT2D eigenvalue weighted by atomic mass is 35.5. The fraction of sp³-hybridized carbons (Fsp3) is 0.231. The molecule has 2 aromatic rings. The Morgan fingerprint density at radius 3 is 2.67 bits per heavy atom. The summed E-state index contributed by atoms with van der Waals surface area (Å²) in [6.45, 7) is 2.51. The summed E-state index contributed by atoms with van der Waals surface area (Å²) in [6.07, 6.45) is -2.93. The molecule has 0 saturated heterocycles. The predicted octanol–water partition coefficient (Wildman–Crippen LogP) is 4.32. The van der Waals surface area contributed by atoms with Crippen LogP contribution in [0.3, 0.4) is 0 Å². The molecule has 0 atom stereocenters. The summed E-state index contributed by atoms with van der Waals surface area (Å²) in [5.74, 6) is 0.729. The van der Waals surface area contributed by atoms with Gasteiger partial charge in [0.2, 0.25) is 5.95 Å². The average molecular weight is 317 g/mol. The third kappa shape index (κ3) is 3.98. The van der Waals surface area contributed by atoms with E-state index in [2.05, 4.69) is 20.6 Å². The maximum absolute atomic E-state index is 12.7. The normalized spacial score (nSPS) is 11.3. The Labute approximate surface area is 124 Å². The van der Waals surface area contributed by atoms with Crippen molar-refractivity contribution in [2.75, 3.05) is 17.2 Å². The van der Waals surface area contributed by atoms with Crippen molar-refractivity contribution in [2.45, 2.75) is 13.1 Å². The third-order valence-corrected chi connectivity index (χ3v) is 2.88. The highest BCUT2D eigenvalue weighted by Gasteiger charge is 2.31. The van der Waals surface area contributed by atoms with Crippen molar-refractivity contribution in [1.82, 2.24) is 9.97 Å². The molecule has 0 aliphatic carbocycles. The summed E-state index contributed by atoms with van der Waals surface area (Å²) < 4.78 is 38.1. The highest BCUT2D eigenvalue weighted by Crippen LogP contribution is 2.34. The van der Waals surface area contributed by atoms with Gasteiger partial charge in [-0.05, 0) is 31.2 Å². The Bertz CT molecular complexity index is 631. The van der Waals surface area contributed by atoms with Gasteiger partial charge in [0.1, 0.15) is 5.82 Å². The first-order valence-electron chi connectivity index (χ1n) is 6.11. The van der Waals surface area contributed by atoms with Crippen LogP contribution in [0.15, 0.2) is 30.5 Å². The molecule has 1 heterocycles. The van der Waals surface area contributed by atoms with E-state index in [4.69, 9.17) is 11.6 Å². The van der Waals surface area contributed by atoms with Gasteiger partial charge in [-0.15, -0.1) is 0 Å². The fourth-order valence-corrected chi connectivity index (χ4v) is 1.77. The van der Waals surface area contributed by atoms with Crippen LogP contribution < -0.4 is 10.6 Å². The molecule has 4 nitrogen and oxygen atoms in total. The monoisotopic (exact) mass is 316 g/mol. The quantitative estimate of drug-likeness (QED) is 0.881. The smallest absolute Gasteiger partial charge is 0.354 e. The van der Waals surface area contributed by atoms with Gasteiger partial charge in [0.15, 0.2) is 0 Å². The zero-order chi connectivity index (χ0) is 15.5. The summed E-state index contributed by atoms with van der Waals surface area (Å²) in [5, 5.41) is 5.84. The molecule has 0 amide bonds. The lowest BCUT2D eigenvalue weighted by molar-refractivity contribution is -0.137. The SMILES string of the molecule is CCNc1nccc(Nc2cc(C(F)(F)F)ccc2Cl)n1. The van der Waals surface area contributed by atoms with Crippen molar-refractivity contribution in [1.29, 1.82) is 0 Å².